The molecule has 2 aromatic carbocycles. The highest BCUT2D eigenvalue weighted by Crippen LogP contribution is 2.28. The Bertz CT molecular complexity index is 908. The van der Waals surface area contributed by atoms with Crippen molar-refractivity contribution in [2.45, 2.75) is 45.3 Å². The first-order valence-electron chi connectivity index (χ1n) is 10.6. The van der Waals surface area contributed by atoms with Gasteiger partial charge in [-0.2, -0.15) is 0 Å². The number of ether oxygens (including phenoxy) is 2. The Hall–Kier alpha value is -3.09. The average Bonchev–Trinajstić information content (AvgIpc) is 2.78. The van der Waals surface area contributed by atoms with Crippen LogP contribution in [0.1, 0.15) is 55.1 Å². The fraction of sp³-hybridized carbons (Fsp3) is 0.417. The molecular weight excluding hydrogens is 399 g/mol. The number of benzene rings is 2. The third-order valence-electron chi connectivity index (χ3n) is 5.60. The maximum Gasteiger partial charge on any atom is 0.255 e. The molecule has 1 unspecified atom stereocenters. The lowest BCUT2D eigenvalue weighted by Crippen LogP contribution is -2.40. The summed E-state index contributed by atoms with van der Waals surface area (Å²) in [6.45, 7) is 4.80. The van der Waals surface area contributed by atoms with Crippen LogP contribution in [0.4, 0.5) is 4.39 Å². The Labute approximate surface area is 182 Å². The highest BCUT2D eigenvalue weighted by molar-refractivity contribution is 5.97. The number of carbonyl (C=O) groups is 2. The van der Waals surface area contributed by atoms with E-state index in [0.717, 1.165) is 5.56 Å². The minimum absolute atomic E-state index is 0.0642. The molecule has 31 heavy (non-hydrogen) atoms. The molecule has 2 aromatic rings. The molecule has 1 heterocycles. The van der Waals surface area contributed by atoms with Gasteiger partial charge in [-0.05, 0) is 42.3 Å². The number of piperidine rings is 1. The fourth-order valence-corrected chi connectivity index (χ4v) is 3.74. The van der Waals surface area contributed by atoms with E-state index < -0.39 is 0 Å². The van der Waals surface area contributed by atoms with Crippen LogP contribution in [-0.2, 0) is 4.79 Å². The number of nitrogens with zero attached hydrogens (tertiary/aromatic N) is 1. The van der Waals surface area contributed by atoms with E-state index in [1.54, 1.807) is 49.3 Å². The van der Waals surface area contributed by atoms with Gasteiger partial charge >= 0.3 is 0 Å². The third kappa shape index (κ3) is 5.75. The third-order valence-corrected chi connectivity index (χ3v) is 5.60. The summed E-state index contributed by atoms with van der Waals surface area (Å²) in [5.41, 5.74) is 1.22. The molecule has 0 aliphatic carbocycles. The normalized spacial score (nSPS) is 15.3. The molecule has 1 fully saturated rings. The first-order valence-corrected chi connectivity index (χ1v) is 10.6. The van der Waals surface area contributed by atoms with Crippen molar-refractivity contribution in [3.05, 3.63) is 59.4 Å². The first kappa shape index (κ1) is 22.6. The molecule has 1 aliphatic heterocycles. The van der Waals surface area contributed by atoms with Crippen molar-refractivity contribution in [2.24, 2.45) is 0 Å². The second-order valence-corrected chi connectivity index (χ2v) is 7.67. The van der Waals surface area contributed by atoms with Crippen molar-refractivity contribution in [1.82, 2.24) is 10.2 Å². The van der Waals surface area contributed by atoms with Gasteiger partial charge in [-0.3, -0.25) is 9.59 Å². The van der Waals surface area contributed by atoms with E-state index in [1.807, 2.05) is 6.92 Å². The van der Waals surface area contributed by atoms with E-state index in [0.29, 0.717) is 49.4 Å². The Balaban J connectivity index is 1.76. The van der Waals surface area contributed by atoms with Crippen LogP contribution in [0.15, 0.2) is 42.5 Å². The molecule has 3 rings (SSSR count). The minimum Gasteiger partial charge on any atom is -0.497 e. The summed E-state index contributed by atoms with van der Waals surface area (Å²) in [6, 6.07) is 11.0. The average molecular weight is 429 g/mol. The standard InChI is InChI=1S/C24H29FN2O4/c1-4-22(17-5-7-18(25)8-6-17)26-24(29)21-15-20(30-3)9-10-23(21)31-19-11-13-27(14-12-19)16(2)28/h5-10,15,19,22H,4,11-14H2,1-3H3,(H,26,29). The lowest BCUT2D eigenvalue weighted by atomic mass is 10.0. The summed E-state index contributed by atoms with van der Waals surface area (Å²) in [5.74, 6) is 0.497. The number of rotatable bonds is 7. The molecule has 7 heteroatoms. The molecule has 0 bridgehead atoms. The van der Waals surface area contributed by atoms with Crippen LogP contribution in [0.3, 0.4) is 0 Å². The maximum absolute atomic E-state index is 13.3. The zero-order valence-electron chi connectivity index (χ0n) is 18.2. The summed E-state index contributed by atoms with van der Waals surface area (Å²) < 4.78 is 24.7. The molecule has 0 spiro atoms. The predicted octanol–water partition coefficient (Wildman–Crippen LogP) is 4.11. The summed E-state index contributed by atoms with van der Waals surface area (Å²) in [6.07, 6.45) is 2.00. The molecule has 0 saturated carbocycles. The number of likely N-dealkylation sites (tertiary alicyclic amines) is 1. The van der Waals surface area contributed by atoms with Crippen LogP contribution in [0.25, 0.3) is 0 Å². The van der Waals surface area contributed by atoms with E-state index in [2.05, 4.69) is 5.32 Å². The zero-order valence-corrected chi connectivity index (χ0v) is 18.2. The molecule has 166 valence electrons. The SMILES string of the molecule is CCC(NC(=O)c1cc(OC)ccc1OC1CCN(C(C)=O)CC1)c1ccc(F)cc1. The van der Waals surface area contributed by atoms with Crippen molar-refractivity contribution < 1.29 is 23.5 Å². The van der Waals surface area contributed by atoms with E-state index in [9.17, 15) is 14.0 Å². The molecule has 1 N–H and O–H groups in total. The Kier molecular flexibility index (Phi) is 7.50. The zero-order chi connectivity index (χ0) is 22.4. The monoisotopic (exact) mass is 428 g/mol. The van der Waals surface area contributed by atoms with Gasteiger partial charge in [0.05, 0.1) is 18.7 Å². The maximum atomic E-state index is 13.3. The Morgan fingerprint density at radius 1 is 1.16 bits per heavy atom. The van der Waals surface area contributed by atoms with E-state index in [1.165, 1.54) is 12.1 Å². The van der Waals surface area contributed by atoms with Gasteiger partial charge in [0.2, 0.25) is 5.91 Å². The molecule has 1 saturated heterocycles. The smallest absolute Gasteiger partial charge is 0.255 e. The van der Waals surface area contributed by atoms with Crippen molar-refractivity contribution >= 4 is 11.8 Å². The first-order chi connectivity index (χ1) is 14.9. The highest BCUT2D eigenvalue weighted by atomic mass is 19.1. The molecule has 6 nitrogen and oxygen atoms in total. The van der Waals surface area contributed by atoms with Gasteiger partial charge in [-0.1, -0.05) is 19.1 Å². The van der Waals surface area contributed by atoms with Crippen LogP contribution in [0.2, 0.25) is 0 Å². The number of nitrogens with one attached hydrogen (secondary N) is 1. The quantitative estimate of drug-likeness (QED) is 0.721. The van der Waals surface area contributed by atoms with Gasteiger partial charge in [-0.15, -0.1) is 0 Å². The number of hydrogen-bond donors (Lipinski definition) is 1. The lowest BCUT2D eigenvalue weighted by molar-refractivity contribution is -0.130. The number of carbonyl (C=O) groups excluding carboxylic acids is 2. The molecular formula is C24H29FN2O4. The van der Waals surface area contributed by atoms with Crippen LogP contribution < -0.4 is 14.8 Å². The largest absolute Gasteiger partial charge is 0.497 e. The van der Waals surface area contributed by atoms with Gasteiger partial charge in [-0.25, -0.2) is 4.39 Å². The predicted molar refractivity (Wildman–Crippen MR) is 116 cm³/mol. The molecule has 1 atom stereocenters. The van der Waals surface area contributed by atoms with Crippen LogP contribution >= 0.6 is 0 Å². The number of methoxy groups -OCH3 is 1. The number of halogens is 1. The van der Waals surface area contributed by atoms with Gasteiger partial charge in [0.1, 0.15) is 23.4 Å². The topological polar surface area (TPSA) is 67.9 Å². The van der Waals surface area contributed by atoms with E-state index in [4.69, 9.17) is 9.47 Å². The highest BCUT2D eigenvalue weighted by Gasteiger charge is 2.25. The summed E-state index contributed by atoms with van der Waals surface area (Å²) >= 11 is 0. The summed E-state index contributed by atoms with van der Waals surface area (Å²) in [5, 5.41) is 3.02. The Morgan fingerprint density at radius 2 is 1.84 bits per heavy atom. The minimum atomic E-state index is -0.316. The second-order valence-electron chi connectivity index (χ2n) is 7.67. The van der Waals surface area contributed by atoms with E-state index >= 15 is 0 Å². The van der Waals surface area contributed by atoms with Crippen molar-refractivity contribution in [3.63, 3.8) is 0 Å². The lowest BCUT2D eigenvalue weighted by Gasteiger charge is -2.32. The van der Waals surface area contributed by atoms with Crippen LogP contribution in [0.5, 0.6) is 11.5 Å². The number of hydrogen-bond acceptors (Lipinski definition) is 4. The molecule has 0 radical (unpaired) electrons. The second kappa shape index (κ2) is 10.3. The fourth-order valence-electron chi connectivity index (χ4n) is 3.74. The summed E-state index contributed by atoms with van der Waals surface area (Å²) in [4.78, 5) is 26.5. The van der Waals surface area contributed by atoms with Gasteiger partial charge in [0, 0.05) is 32.9 Å². The van der Waals surface area contributed by atoms with Crippen molar-refractivity contribution in [3.8, 4) is 11.5 Å². The van der Waals surface area contributed by atoms with Gasteiger partial charge < -0.3 is 19.7 Å². The van der Waals surface area contributed by atoms with Crippen molar-refractivity contribution in [1.29, 1.82) is 0 Å². The molecule has 2 amide bonds. The van der Waals surface area contributed by atoms with Crippen LogP contribution in [0, 0.1) is 5.82 Å². The van der Waals surface area contributed by atoms with E-state index in [-0.39, 0.29) is 29.8 Å². The summed E-state index contributed by atoms with van der Waals surface area (Å²) in [7, 11) is 1.54. The number of amides is 2. The van der Waals surface area contributed by atoms with Crippen molar-refractivity contribution in [2.75, 3.05) is 20.2 Å². The van der Waals surface area contributed by atoms with Gasteiger partial charge in [0.15, 0.2) is 0 Å². The van der Waals surface area contributed by atoms with Gasteiger partial charge in [0.25, 0.3) is 5.91 Å². The Morgan fingerprint density at radius 3 is 2.42 bits per heavy atom. The molecule has 0 aromatic heterocycles. The van der Waals surface area contributed by atoms with Crippen LogP contribution in [-0.4, -0.2) is 43.0 Å². The molecule has 1 aliphatic rings.